The monoisotopic (exact) mass is 1280 g/mol. The molecule has 0 saturated heterocycles. The van der Waals surface area contributed by atoms with Crippen molar-refractivity contribution in [2.45, 2.75) is 157 Å². The smallest absolute Gasteiger partial charge is 0.153 e. The van der Waals surface area contributed by atoms with Gasteiger partial charge in [-0.25, -0.2) is 0 Å². The largest absolute Gasteiger partial charge is 0.507 e. The van der Waals surface area contributed by atoms with Crippen molar-refractivity contribution in [2.24, 2.45) is 0 Å². The maximum atomic E-state index is 12.8. The minimum absolute atomic E-state index is 0.0234. The Hall–Kier alpha value is -11.3. The Labute approximate surface area is 563 Å². The number of hydrogen-bond donors (Lipinski definition) is 6. The van der Waals surface area contributed by atoms with Gasteiger partial charge in [-0.05, 0) is 105 Å². The third-order valence-electron chi connectivity index (χ3n) is 15.9. The minimum atomic E-state index is -0.724. The van der Waals surface area contributed by atoms with E-state index in [9.17, 15) is 59.4 Å². The predicted molar refractivity (Wildman–Crippen MR) is 375 cm³/mol. The molecule has 96 heavy (non-hydrogen) atoms. The molecule has 7 rings (SSSR count). The molecule has 0 unspecified atom stereocenters. The van der Waals surface area contributed by atoms with Crippen LogP contribution in [0.1, 0.15) is 287 Å². The third kappa shape index (κ3) is 15.8. The maximum absolute atomic E-state index is 12.8. The Morgan fingerprint density at radius 2 is 0.323 bits per heavy atom. The van der Waals surface area contributed by atoms with Gasteiger partial charge in [-0.3, -0.25) is 28.8 Å². The number of rotatable bonds is 6. The quantitative estimate of drug-likeness (QED) is 0.0676. The molecule has 0 fully saturated rings. The molecule has 0 bridgehead atoms. The Morgan fingerprint density at radius 3 is 0.417 bits per heavy atom. The van der Waals surface area contributed by atoms with Gasteiger partial charge in [0.25, 0.3) is 0 Å². The summed E-state index contributed by atoms with van der Waals surface area (Å²) < 4.78 is 0. The molecular formula is C84H78O12. The van der Waals surface area contributed by atoms with Crippen LogP contribution < -0.4 is 0 Å². The van der Waals surface area contributed by atoms with Gasteiger partial charge in [-0.2, -0.15) is 0 Å². The summed E-state index contributed by atoms with van der Waals surface area (Å²) in [6.45, 7) is 33.4. The van der Waals surface area contributed by atoms with E-state index in [0.29, 0.717) is 71.1 Å². The highest BCUT2D eigenvalue weighted by Crippen LogP contribution is 2.40. The number of phenols is 6. The lowest BCUT2D eigenvalue weighted by molar-refractivity contribution is 0.111. The van der Waals surface area contributed by atoms with Crippen LogP contribution >= 0.6 is 0 Å². The summed E-state index contributed by atoms with van der Waals surface area (Å²) in [4.78, 5) is 76.7. The number of carbonyl (C=O) groups is 6. The van der Waals surface area contributed by atoms with Crippen molar-refractivity contribution in [3.05, 3.63) is 206 Å². The molecule has 12 nitrogen and oxygen atoms in total. The number of aldehydes is 6. The second-order valence-electron chi connectivity index (χ2n) is 29.7. The van der Waals surface area contributed by atoms with Crippen molar-refractivity contribution >= 4 is 37.7 Å². The van der Waals surface area contributed by atoms with Crippen LogP contribution in [0.4, 0.5) is 0 Å². The van der Waals surface area contributed by atoms with Crippen LogP contribution in [0.15, 0.2) is 72.8 Å². The molecule has 7 aromatic carbocycles. The molecule has 0 heterocycles. The summed E-state index contributed by atoms with van der Waals surface area (Å²) in [6.07, 6.45) is 3.07. The molecule has 12 heteroatoms. The topological polar surface area (TPSA) is 224 Å². The highest BCUT2D eigenvalue weighted by atomic mass is 16.3. The zero-order valence-electron chi connectivity index (χ0n) is 57.5. The normalized spacial score (nSPS) is 11.4. The molecule has 0 aliphatic rings. The molecule has 0 spiro atoms. The van der Waals surface area contributed by atoms with Crippen molar-refractivity contribution in [2.75, 3.05) is 0 Å². The lowest BCUT2D eigenvalue weighted by Crippen LogP contribution is -2.13. The molecule has 0 saturated carbocycles. The number of benzene rings is 7. The average Bonchev–Trinajstić information content (AvgIpc) is 0.757. The summed E-state index contributed by atoms with van der Waals surface area (Å²) in [5.41, 5.74) is -0.720. The minimum Gasteiger partial charge on any atom is -0.507 e. The highest BCUT2D eigenvalue weighted by molar-refractivity contribution is 5.87. The molecule has 0 atom stereocenters. The molecule has 0 aromatic heterocycles. The summed E-state index contributed by atoms with van der Waals surface area (Å²) in [5.74, 6) is 37.9. The Bertz CT molecular complexity index is 4040. The van der Waals surface area contributed by atoms with Gasteiger partial charge < -0.3 is 30.6 Å². The van der Waals surface area contributed by atoms with Crippen LogP contribution in [0.5, 0.6) is 34.5 Å². The van der Waals surface area contributed by atoms with Crippen molar-refractivity contribution in [1.82, 2.24) is 0 Å². The molecular weight excluding hydrogens is 1200 g/mol. The molecule has 6 N–H and O–H groups in total. The van der Waals surface area contributed by atoms with Crippen LogP contribution in [0.3, 0.4) is 0 Å². The van der Waals surface area contributed by atoms with Gasteiger partial charge in [0, 0.05) is 66.8 Å². The summed E-state index contributed by atoms with van der Waals surface area (Å²) in [6, 6.07) is 18.4. The zero-order valence-corrected chi connectivity index (χ0v) is 57.5. The average molecular weight is 1280 g/mol. The van der Waals surface area contributed by atoms with Crippen LogP contribution in [-0.4, -0.2) is 68.4 Å². The van der Waals surface area contributed by atoms with Crippen LogP contribution in [0.2, 0.25) is 0 Å². The number of phenolic OH excluding ortho intramolecular Hbond substituents is 6. The van der Waals surface area contributed by atoms with E-state index in [0.717, 1.165) is 0 Å². The van der Waals surface area contributed by atoms with E-state index >= 15 is 0 Å². The van der Waals surface area contributed by atoms with Crippen LogP contribution in [0.25, 0.3) is 0 Å². The van der Waals surface area contributed by atoms with E-state index in [1.165, 1.54) is 36.4 Å². The summed E-state index contributed by atoms with van der Waals surface area (Å²) >= 11 is 0. The van der Waals surface area contributed by atoms with E-state index in [1.54, 1.807) is 36.4 Å². The van der Waals surface area contributed by atoms with Crippen molar-refractivity contribution in [3.8, 4) is 106 Å². The first-order chi connectivity index (χ1) is 44.6. The summed E-state index contributed by atoms with van der Waals surface area (Å²) in [5, 5.41) is 68.7. The van der Waals surface area contributed by atoms with Crippen molar-refractivity contribution < 1.29 is 59.4 Å². The fourth-order valence-corrected chi connectivity index (χ4v) is 10.7. The van der Waals surface area contributed by atoms with Gasteiger partial charge >= 0.3 is 0 Å². The zero-order chi connectivity index (χ0) is 71.5. The van der Waals surface area contributed by atoms with E-state index in [4.69, 9.17) is 0 Å². The Kier molecular flexibility index (Phi) is 20.6. The number of hydrogen-bond acceptors (Lipinski definition) is 12. The number of aromatic hydroxyl groups is 6. The highest BCUT2D eigenvalue weighted by Gasteiger charge is 2.29. The van der Waals surface area contributed by atoms with E-state index < -0.39 is 32.5 Å². The van der Waals surface area contributed by atoms with E-state index in [1.807, 2.05) is 125 Å². The first-order valence-corrected chi connectivity index (χ1v) is 30.9. The number of carbonyl (C=O) groups excluding carboxylic acids is 6. The maximum Gasteiger partial charge on any atom is 0.153 e. The van der Waals surface area contributed by atoms with Gasteiger partial charge in [-0.15, -0.1) is 0 Å². The molecule has 7 aromatic rings. The fraction of sp³-hybridized carbons (Fsp3) is 0.286. The molecule has 0 radical (unpaired) electrons. The second kappa shape index (κ2) is 27.4. The Balaban J connectivity index is 1.93. The first kappa shape index (κ1) is 72.2. The van der Waals surface area contributed by atoms with Crippen LogP contribution in [-0.2, 0) is 32.5 Å². The van der Waals surface area contributed by atoms with Crippen molar-refractivity contribution in [3.63, 3.8) is 0 Å². The predicted octanol–water partition coefficient (Wildman–Crippen LogP) is 15.0. The van der Waals surface area contributed by atoms with E-state index in [-0.39, 0.29) is 135 Å². The van der Waals surface area contributed by atoms with Gasteiger partial charge in [0.05, 0.1) is 66.8 Å². The molecule has 0 aliphatic carbocycles. The van der Waals surface area contributed by atoms with Gasteiger partial charge in [-0.1, -0.05) is 196 Å². The van der Waals surface area contributed by atoms with Crippen LogP contribution in [0, 0.1) is 71.0 Å². The third-order valence-corrected chi connectivity index (χ3v) is 15.9. The SMILES string of the molecule is CC(C)(C)c1cc(C#Cc2c(C#Cc3cc(C=O)c(O)c(C(C)(C)C)c3)c(C#Cc3cc(C=O)c(O)c(C(C)(C)C)c3)c(C#Cc3cc(C=O)c(O)c(C(C)(C)C)c3)c(C#Cc3cc(C=O)c(O)c(C(C)(C)C)c3)c2C#Cc2cc(C=O)c(O)c(C(C)(C)C)c2)cc(C=O)c1O. The summed E-state index contributed by atoms with van der Waals surface area (Å²) in [7, 11) is 0. The lowest BCUT2D eigenvalue weighted by atomic mass is 9.83. The molecule has 0 amide bonds. The second-order valence-corrected chi connectivity index (χ2v) is 29.7. The standard InChI is InChI=1S/C84H78O12/c1-79(2,3)67-37-49(31-55(43-85)73(67)91)19-25-61-62(26-20-50-32-56(44-86)74(92)68(38-50)80(4,5)6)64(28-22-52-34-58(46-88)76(94)70(40-52)82(10,11)12)66(30-24-54-36-60(48-90)78(96)72(42-54)84(16,17)18)65(29-23-53-35-59(47-89)77(95)71(41-53)83(13,14)15)63(61)27-21-51-33-57(45-87)75(93)69(39-51)81(7,8)9/h31-48,91-96H,1-18H3. The van der Waals surface area contributed by atoms with E-state index in [2.05, 4.69) is 71.0 Å². The first-order valence-electron chi connectivity index (χ1n) is 30.9. The van der Waals surface area contributed by atoms with Gasteiger partial charge in [0.15, 0.2) is 37.7 Å². The fourth-order valence-electron chi connectivity index (χ4n) is 10.7. The molecule has 486 valence electrons. The molecule has 0 aliphatic heterocycles. The van der Waals surface area contributed by atoms with Gasteiger partial charge in [0.2, 0.25) is 0 Å². The van der Waals surface area contributed by atoms with Gasteiger partial charge in [0.1, 0.15) is 34.5 Å². The lowest BCUT2D eigenvalue weighted by Gasteiger charge is -2.21. The Morgan fingerprint density at radius 1 is 0.208 bits per heavy atom. The van der Waals surface area contributed by atoms with Crippen molar-refractivity contribution in [1.29, 1.82) is 0 Å².